The summed E-state index contributed by atoms with van der Waals surface area (Å²) >= 11 is 0. The van der Waals surface area contributed by atoms with Gasteiger partial charge in [0, 0.05) is 44.4 Å². The number of aromatic nitrogens is 3. The van der Waals surface area contributed by atoms with Crippen LogP contribution < -0.4 is 5.32 Å². The van der Waals surface area contributed by atoms with Crippen molar-refractivity contribution in [2.75, 3.05) is 25.0 Å². The Morgan fingerprint density at radius 2 is 2.24 bits per heavy atom. The number of hydrogen-bond acceptors (Lipinski definition) is 6. The van der Waals surface area contributed by atoms with E-state index in [2.05, 4.69) is 25.3 Å². The van der Waals surface area contributed by atoms with Gasteiger partial charge in [-0.15, -0.1) is 0 Å². The van der Waals surface area contributed by atoms with Crippen LogP contribution in [-0.2, 0) is 6.42 Å². The highest BCUT2D eigenvalue weighted by molar-refractivity contribution is 5.33. The fraction of sp³-hybridized carbons (Fsp3) is 0.533. The highest BCUT2D eigenvalue weighted by Crippen LogP contribution is 2.15. The Morgan fingerprint density at radius 1 is 1.38 bits per heavy atom. The van der Waals surface area contributed by atoms with E-state index >= 15 is 0 Å². The van der Waals surface area contributed by atoms with Crippen LogP contribution in [0.1, 0.15) is 24.3 Å². The zero-order valence-corrected chi connectivity index (χ0v) is 12.3. The summed E-state index contributed by atoms with van der Waals surface area (Å²) in [7, 11) is 0. The molecule has 1 aliphatic rings. The quantitative estimate of drug-likeness (QED) is 0.906. The van der Waals surface area contributed by atoms with Crippen LogP contribution >= 0.6 is 0 Å². The number of aryl methyl sites for hydroxylation is 1. The minimum absolute atomic E-state index is 0.503. The van der Waals surface area contributed by atoms with Gasteiger partial charge in [-0.25, -0.2) is 9.97 Å². The first-order valence-electron chi connectivity index (χ1n) is 7.47. The zero-order chi connectivity index (χ0) is 14.5. The van der Waals surface area contributed by atoms with E-state index in [1.54, 1.807) is 12.5 Å². The summed E-state index contributed by atoms with van der Waals surface area (Å²) in [6.45, 7) is 5.21. The number of nitrogens with zero attached hydrogens (tertiary/aromatic N) is 4. The van der Waals surface area contributed by atoms with Crippen LogP contribution in [0.25, 0.3) is 0 Å². The molecule has 0 atom stereocenters. The predicted octanol–water partition coefficient (Wildman–Crippen LogP) is 1.89. The van der Waals surface area contributed by atoms with E-state index in [4.69, 9.17) is 4.52 Å². The first-order chi connectivity index (χ1) is 10.3. The van der Waals surface area contributed by atoms with Crippen molar-refractivity contribution in [3.63, 3.8) is 0 Å². The van der Waals surface area contributed by atoms with E-state index in [1.165, 1.54) is 0 Å². The summed E-state index contributed by atoms with van der Waals surface area (Å²) in [5, 5.41) is 7.40. The van der Waals surface area contributed by atoms with Gasteiger partial charge in [0.25, 0.3) is 0 Å². The maximum absolute atomic E-state index is 5.25. The molecule has 0 radical (unpaired) electrons. The highest BCUT2D eigenvalue weighted by Gasteiger charge is 2.19. The summed E-state index contributed by atoms with van der Waals surface area (Å²) in [6, 6.07) is 4.44. The maximum Gasteiger partial charge on any atom is 0.138 e. The number of anilines is 1. The monoisotopic (exact) mass is 287 g/mol. The van der Waals surface area contributed by atoms with Crippen molar-refractivity contribution < 1.29 is 4.52 Å². The van der Waals surface area contributed by atoms with E-state index in [0.29, 0.717) is 6.04 Å². The third-order valence-corrected chi connectivity index (χ3v) is 3.87. The van der Waals surface area contributed by atoms with Gasteiger partial charge in [-0.3, -0.25) is 0 Å². The summed E-state index contributed by atoms with van der Waals surface area (Å²) in [5.74, 6) is 1.90. The molecule has 0 bridgehead atoms. The van der Waals surface area contributed by atoms with Gasteiger partial charge < -0.3 is 14.7 Å². The lowest BCUT2D eigenvalue weighted by atomic mass is 10.0. The molecular weight excluding hydrogens is 266 g/mol. The molecule has 6 heteroatoms. The van der Waals surface area contributed by atoms with Gasteiger partial charge in [0.1, 0.15) is 17.9 Å². The van der Waals surface area contributed by atoms with Crippen LogP contribution in [0.2, 0.25) is 0 Å². The molecule has 1 aliphatic heterocycles. The minimum atomic E-state index is 0.503. The van der Waals surface area contributed by atoms with Crippen molar-refractivity contribution in [2.45, 2.75) is 32.2 Å². The van der Waals surface area contributed by atoms with Gasteiger partial charge >= 0.3 is 0 Å². The topological polar surface area (TPSA) is 67.1 Å². The molecule has 2 aromatic rings. The fourth-order valence-corrected chi connectivity index (χ4v) is 2.69. The Bertz CT molecular complexity index is 548. The Balaban J connectivity index is 1.40. The van der Waals surface area contributed by atoms with Crippen molar-refractivity contribution in [3.05, 3.63) is 36.1 Å². The normalized spacial score (nSPS) is 17.0. The summed E-state index contributed by atoms with van der Waals surface area (Å²) < 4.78 is 5.25. The number of nitrogens with one attached hydrogen (secondary N) is 1. The Labute approximate surface area is 124 Å². The van der Waals surface area contributed by atoms with Gasteiger partial charge in [0.05, 0.1) is 5.69 Å². The molecule has 0 aliphatic carbocycles. The minimum Gasteiger partial charge on any atom is -0.367 e. The van der Waals surface area contributed by atoms with Crippen molar-refractivity contribution in [2.24, 2.45) is 0 Å². The molecule has 6 nitrogen and oxygen atoms in total. The van der Waals surface area contributed by atoms with E-state index in [-0.39, 0.29) is 0 Å². The van der Waals surface area contributed by atoms with E-state index in [0.717, 1.165) is 56.2 Å². The van der Waals surface area contributed by atoms with Crippen LogP contribution in [0.3, 0.4) is 0 Å². The predicted molar refractivity (Wildman–Crippen MR) is 80.1 cm³/mol. The SMILES string of the molecule is Cc1cc(CCN2CCC(Nc3ccncn3)CC2)on1. The zero-order valence-electron chi connectivity index (χ0n) is 12.3. The molecule has 112 valence electrons. The van der Waals surface area contributed by atoms with E-state index in [1.807, 2.05) is 19.1 Å². The molecule has 1 N–H and O–H groups in total. The van der Waals surface area contributed by atoms with Gasteiger partial charge in [0.15, 0.2) is 0 Å². The third kappa shape index (κ3) is 4.01. The summed E-state index contributed by atoms with van der Waals surface area (Å²) in [4.78, 5) is 10.6. The average Bonchev–Trinajstić information content (AvgIpc) is 2.93. The molecule has 21 heavy (non-hydrogen) atoms. The number of piperidine rings is 1. The Morgan fingerprint density at radius 3 is 2.90 bits per heavy atom. The molecular formula is C15H21N5O. The molecule has 1 fully saturated rings. The number of rotatable bonds is 5. The number of hydrogen-bond donors (Lipinski definition) is 1. The average molecular weight is 287 g/mol. The van der Waals surface area contributed by atoms with Crippen molar-refractivity contribution >= 4 is 5.82 Å². The van der Waals surface area contributed by atoms with Crippen molar-refractivity contribution in [1.82, 2.24) is 20.0 Å². The van der Waals surface area contributed by atoms with Gasteiger partial charge in [0.2, 0.25) is 0 Å². The van der Waals surface area contributed by atoms with Crippen LogP contribution in [-0.4, -0.2) is 45.7 Å². The molecule has 0 amide bonds. The second kappa shape index (κ2) is 6.67. The fourth-order valence-electron chi connectivity index (χ4n) is 2.69. The smallest absolute Gasteiger partial charge is 0.138 e. The molecule has 2 aromatic heterocycles. The second-order valence-corrected chi connectivity index (χ2v) is 5.54. The third-order valence-electron chi connectivity index (χ3n) is 3.87. The van der Waals surface area contributed by atoms with Crippen LogP contribution in [0.15, 0.2) is 29.2 Å². The van der Waals surface area contributed by atoms with Crippen LogP contribution in [0.5, 0.6) is 0 Å². The van der Waals surface area contributed by atoms with Gasteiger partial charge in [-0.1, -0.05) is 5.16 Å². The van der Waals surface area contributed by atoms with Crippen LogP contribution in [0.4, 0.5) is 5.82 Å². The lowest BCUT2D eigenvalue weighted by Crippen LogP contribution is -2.40. The van der Waals surface area contributed by atoms with Crippen LogP contribution in [0, 0.1) is 6.92 Å². The van der Waals surface area contributed by atoms with E-state index < -0.39 is 0 Å². The summed E-state index contributed by atoms with van der Waals surface area (Å²) in [6.07, 6.45) is 6.56. The van der Waals surface area contributed by atoms with Crippen molar-refractivity contribution in [1.29, 1.82) is 0 Å². The maximum atomic E-state index is 5.25. The molecule has 0 spiro atoms. The van der Waals surface area contributed by atoms with Gasteiger partial charge in [-0.2, -0.15) is 0 Å². The second-order valence-electron chi connectivity index (χ2n) is 5.54. The molecule has 0 unspecified atom stereocenters. The molecule has 0 aromatic carbocycles. The lowest BCUT2D eigenvalue weighted by molar-refractivity contribution is 0.215. The largest absolute Gasteiger partial charge is 0.367 e. The molecule has 3 heterocycles. The first kappa shape index (κ1) is 14.0. The van der Waals surface area contributed by atoms with E-state index in [9.17, 15) is 0 Å². The standard InChI is InChI=1S/C15H21N5O/c1-12-10-14(21-19-12)5-9-20-7-3-13(4-8-20)18-15-2-6-16-11-17-15/h2,6,10-11,13H,3-5,7-9H2,1H3,(H,16,17,18). The summed E-state index contributed by atoms with van der Waals surface area (Å²) in [5.41, 5.74) is 0.956. The lowest BCUT2D eigenvalue weighted by Gasteiger charge is -2.32. The Hall–Kier alpha value is -1.95. The van der Waals surface area contributed by atoms with Gasteiger partial charge in [-0.05, 0) is 25.8 Å². The number of likely N-dealkylation sites (tertiary alicyclic amines) is 1. The molecule has 0 saturated carbocycles. The highest BCUT2D eigenvalue weighted by atomic mass is 16.5. The first-order valence-corrected chi connectivity index (χ1v) is 7.47. The van der Waals surface area contributed by atoms with Crippen molar-refractivity contribution in [3.8, 4) is 0 Å². The molecule has 1 saturated heterocycles. The Kier molecular flexibility index (Phi) is 4.45. The molecule has 3 rings (SSSR count).